The summed E-state index contributed by atoms with van der Waals surface area (Å²) in [6.45, 7) is 4.58. The van der Waals surface area contributed by atoms with Crippen LogP contribution in [0.2, 0.25) is 0 Å². The topological polar surface area (TPSA) is 48.0 Å². The molecule has 5 nitrogen and oxygen atoms in total. The van der Waals surface area contributed by atoms with Gasteiger partial charge < -0.3 is 19.1 Å². The summed E-state index contributed by atoms with van der Waals surface area (Å²) in [5.41, 5.74) is 3.97. The van der Waals surface area contributed by atoms with Crippen LogP contribution in [0.4, 0.5) is 5.69 Å². The van der Waals surface area contributed by atoms with Gasteiger partial charge in [-0.25, -0.2) is 0 Å². The first-order chi connectivity index (χ1) is 13.0. The molecule has 3 rings (SSSR count). The molecule has 0 aromatic heterocycles. The van der Waals surface area contributed by atoms with E-state index in [2.05, 4.69) is 19.9 Å². The number of para-hydroxylation sites is 1. The molecule has 0 fully saturated rings. The van der Waals surface area contributed by atoms with Crippen LogP contribution in [0.25, 0.3) is 0 Å². The zero-order valence-electron chi connectivity index (χ0n) is 16.7. The normalized spacial score (nSPS) is 13.6. The third-order valence-corrected chi connectivity index (χ3v) is 5.04. The first-order valence-electron chi connectivity index (χ1n) is 9.21. The van der Waals surface area contributed by atoms with Gasteiger partial charge in [0.2, 0.25) is 5.91 Å². The molecule has 0 atom stereocenters. The smallest absolute Gasteiger partial charge is 0.227 e. The Labute approximate surface area is 160 Å². The summed E-state index contributed by atoms with van der Waals surface area (Å²) in [4.78, 5) is 14.5. The molecule has 0 saturated heterocycles. The number of anilines is 1. The summed E-state index contributed by atoms with van der Waals surface area (Å²) in [7, 11) is 4.91. The monoisotopic (exact) mass is 369 g/mol. The zero-order chi connectivity index (χ0) is 19.6. The maximum atomic E-state index is 12.7. The molecule has 0 radical (unpaired) electrons. The number of ether oxygens (including phenoxy) is 3. The summed E-state index contributed by atoms with van der Waals surface area (Å²) in [6, 6.07) is 10.0. The van der Waals surface area contributed by atoms with Gasteiger partial charge in [0.15, 0.2) is 11.5 Å². The Bertz CT molecular complexity index is 844. The minimum atomic E-state index is 0.113. The molecule has 0 aliphatic carbocycles. The predicted molar refractivity (Wildman–Crippen MR) is 106 cm³/mol. The lowest BCUT2D eigenvalue weighted by Gasteiger charge is -2.31. The SMILES string of the molecule is COc1cc(CN2C(=O)CCc3ccccc32)c(OC)c(OC)c1C(C)C. The van der Waals surface area contributed by atoms with E-state index in [1.54, 1.807) is 21.3 Å². The Morgan fingerprint density at radius 1 is 1.00 bits per heavy atom. The van der Waals surface area contributed by atoms with Crippen LogP contribution in [0.3, 0.4) is 0 Å². The molecular formula is C22H27NO4. The van der Waals surface area contributed by atoms with Crippen LogP contribution >= 0.6 is 0 Å². The fourth-order valence-electron chi connectivity index (χ4n) is 3.78. The summed E-state index contributed by atoms with van der Waals surface area (Å²) >= 11 is 0. The molecule has 1 aliphatic heterocycles. The molecule has 2 aromatic carbocycles. The Balaban J connectivity index is 2.11. The van der Waals surface area contributed by atoms with E-state index in [0.29, 0.717) is 24.5 Å². The number of hydrogen-bond donors (Lipinski definition) is 0. The minimum absolute atomic E-state index is 0.113. The second-order valence-electron chi connectivity index (χ2n) is 6.98. The summed E-state index contributed by atoms with van der Waals surface area (Å²) in [5.74, 6) is 2.38. The second-order valence-corrected chi connectivity index (χ2v) is 6.98. The number of carbonyl (C=O) groups is 1. The number of nitrogens with zero attached hydrogens (tertiary/aromatic N) is 1. The van der Waals surface area contributed by atoms with Crippen molar-refractivity contribution in [2.45, 2.75) is 39.2 Å². The number of amides is 1. The minimum Gasteiger partial charge on any atom is -0.496 e. The highest BCUT2D eigenvalue weighted by Crippen LogP contribution is 2.45. The third-order valence-electron chi connectivity index (χ3n) is 5.04. The molecule has 1 heterocycles. The maximum absolute atomic E-state index is 12.7. The van der Waals surface area contributed by atoms with Crippen molar-refractivity contribution in [2.75, 3.05) is 26.2 Å². The van der Waals surface area contributed by atoms with Gasteiger partial charge in [-0.3, -0.25) is 4.79 Å². The first kappa shape index (κ1) is 19.1. The lowest BCUT2D eigenvalue weighted by Crippen LogP contribution is -2.34. The second kappa shape index (κ2) is 7.91. The van der Waals surface area contributed by atoms with Gasteiger partial charge in [-0.1, -0.05) is 32.0 Å². The van der Waals surface area contributed by atoms with E-state index in [0.717, 1.165) is 29.0 Å². The van der Waals surface area contributed by atoms with Crippen LogP contribution in [0, 0.1) is 0 Å². The van der Waals surface area contributed by atoms with Crippen molar-refractivity contribution in [3.63, 3.8) is 0 Å². The molecule has 2 aromatic rings. The quantitative estimate of drug-likeness (QED) is 0.761. The van der Waals surface area contributed by atoms with Crippen molar-refractivity contribution in [1.29, 1.82) is 0 Å². The Morgan fingerprint density at radius 2 is 1.70 bits per heavy atom. The maximum Gasteiger partial charge on any atom is 0.227 e. The molecule has 0 bridgehead atoms. The first-order valence-corrected chi connectivity index (χ1v) is 9.21. The average molecular weight is 369 g/mol. The molecule has 0 N–H and O–H groups in total. The fraction of sp³-hybridized carbons (Fsp3) is 0.409. The van der Waals surface area contributed by atoms with Gasteiger partial charge in [-0.15, -0.1) is 0 Å². The highest BCUT2D eigenvalue weighted by molar-refractivity contribution is 5.96. The largest absolute Gasteiger partial charge is 0.496 e. The van der Waals surface area contributed by atoms with E-state index >= 15 is 0 Å². The average Bonchev–Trinajstić information content (AvgIpc) is 2.68. The van der Waals surface area contributed by atoms with Gasteiger partial charge >= 0.3 is 0 Å². The highest BCUT2D eigenvalue weighted by atomic mass is 16.5. The fourth-order valence-corrected chi connectivity index (χ4v) is 3.78. The summed E-state index contributed by atoms with van der Waals surface area (Å²) in [5, 5.41) is 0. The zero-order valence-corrected chi connectivity index (χ0v) is 16.7. The van der Waals surface area contributed by atoms with Gasteiger partial charge in [-0.05, 0) is 30.0 Å². The predicted octanol–water partition coefficient (Wildman–Crippen LogP) is 4.32. The number of aryl methyl sites for hydroxylation is 1. The van der Waals surface area contributed by atoms with Gasteiger partial charge in [-0.2, -0.15) is 0 Å². The Hall–Kier alpha value is -2.69. The number of fused-ring (bicyclic) bond motifs is 1. The lowest BCUT2D eigenvalue weighted by molar-refractivity contribution is -0.119. The van der Waals surface area contributed by atoms with Crippen molar-refractivity contribution in [3.8, 4) is 17.2 Å². The standard InChI is InChI=1S/C22H27NO4/c1-14(2)20-18(25-3)12-16(21(26-4)22(20)27-5)13-23-17-9-7-6-8-15(17)10-11-19(23)24/h6-9,12,14H,10-11,13H2,1-5H3. The number of methoxy groups -OCH3 is 3. The Morgan fingerprint density at radius 3 is 2.33 bits per heavy atom. The molecule has 1 aliphatic rings. The lowest BCUT2D eigenvalue weighted by atomic mass is 9.96. The van der Waals surface area contributed by atoms with Gasteiger partial charge in [0.25, 0.3) is 0 Å². The van der Waals surface area contributed by atoms with E-state index in [4.69, 9.17) is 14.2 Å². The van der Waals surface area contributed by atoms with Crippen molar-refractivity contribution in [2.24, 2.45) is 0 Å². The van der Waals surface area contributed by atoms with Gasteiger partial charge in [0.05, 0.1) is 27.9 Å². The molecule has 1 amide bonds. The van der Waals surface area contributed by atoms with Gasteiger partial charge in [0, 0.05) is 23.2 Å². The van der Waals surface area contributed by atoms with E-state index in [9.17, 15) is 4.79 Å². The van der Waals surface area contributed by atoms with E-state index in [-0.39, 0.29) is 11.8 Å². The number of rotatable bonds is 6. The number of carbonyl (C=O) groups excluding carboxylic acids is 1. The number of benzene rings is 2. The Kier molecular flexibility index (Phi) is 5.59. The van der Waals surface area contributed by atoms with E-state index < -0.39 is 0 Å². The van der Waals surface area contributed by atoms with Crippen LogP contribution in [0.1, 0.15) is 42.9 Å². The molecule has 0 unspecified atom stereocenters. The molecular weight excluding hydrogens is 342 g/mol. The van der Waals surface area contributed by atoms with Crippen LogP contribution in [0.5, 0.6) is 17.2 Å². The highest BCUT2D eigenvalue weighted by Gasteiger charge is 2.28. The van der Waals surface area contributed by atoms with Crippen LogP contribution in [-0.4, -0.2) is 27.2 Å². The summed E-state index contributed by atoms with van der Waals surface area (Å²) in [6.07, 6.45) is 1.29. The molecule has 0 spiro atoms. The van der Waals surface area contributed by atoms with Crippen molar-refractivity contribution >= 4 is 11.6 Å². The van der Waals surface area contributed by atoms with Crippen molar-refractivity contribution in [1.82, 2.24) is 0 Å². The van der Waals surface area contributed by atoms with Crippen LogP contribution in [-0.2, 0) is 17.8 Å². The molecule has 144 valence electrons. The van der Waals surface area contributed by atoms with Crippen LogP contribution < -0.4 is 19.1 Å². The molecule has 27 heavy (non-hydrogen) atoms. The molecule has 5 heteroatoms. The van der Waals surface area contributed by atoms with Crippen molar-refractivity contribution in [3.05, 3.63) is 47.0 Å². The van der Waals surface area contributed by atoms with E-state index in [1.807, 2.05) is 29.2 Å². The third kappa shape index (κ3) is 3.46. The molecule has 0 saturated carbocycles. The van der Waals surface area contributed by atoms with Gasteiger partial charge in [0.1, 0.15) is 5.75 Å². The van der Waals surface area contributed by atoms with Crippen LogP contribution in [0.15, 0.2) is 30.3 Å². The summed E-state index contributed by atoms with van der Waals surface area (Å²) < 4.78 is 17.0. The van der Waals surface area contributed by atoms with Crippen molar-refractivity contribution < 1.29 is 19.0 Å². The number of hydrogen-bond acceptors (Lipinski definition) is 4. The van der Waals surface area contributed by atoms with E-state index in [1.165, 1.54) is 5.56 Å².